The maximum Gasteiger partial charge on any atom is 0.146 e. The fourth-order valence-electron chi connectivity index (χ4n) is 1.14. The number of benzene rings is 1. The van der Waals surface area contributed by atoms with Crippen molar-refractivity contribution in [1.29, 1.82) is 0 Å². The lowest BCUT2D eigenvalue weighted by Crippen LogP contribution is -2.23. The molecular formula is C10H14FNO2. The summed E-state index contributed by atoms with van der Waals surface area (Å²) >= 11 is 0. The van der Waals surface area contributed by atoms with Gasteiger partial charge in [-0.15, -0.1) is 0 Å². The van der Waals surface area contributed by atoms with E-state index in [1.807, 2.05) is 0 Å². The Morgan fingerprint density at radius 1 is 1.50 bits per heavy atom. The molecule has 0 saturated heterocycles. The maximum absolute atomic E-state index is 13.2. The number of nitrogens with one attached hydrogen (secondary N) is 1. The van der Waals surface area contributed by atoms with Gasteiger partial charge in [0.2, 0.25) is 0 Å². The van der Waals surface area contributed by atoms with Gasteiger partial charge in [-0.25, -0.2) is 4.39 Å². The third kappa shape index (κ3) is 2.68. The molecule has 1 rings (SSSR count). The molecule has 0 heterocycles. The Morgan fingerprint density at radius 3 is 2.79 bits per heavy atom. The molecule has 4 heteroatoms. The van der Waals surface area contributed by atoms with E-state index in [2.05, 4.69) is 5.32 Å². The molecular weight excluding hydrogens is 185 g/mol. The largest absolute Gasteiger partial charge is 0.394 e. The Labute approximate surface area is 82.2 Å². The molecule has 3 N–H and O–H groups in total. The zero-order valence-corrected chi connectivity index (χ0v) is 8.00. The Kier molecular flexibility index (Phi) is 3.85. The number of halogens is 1. The maximum atomic E-state index is 13.2. The first kappa shape index (κ1) is 10.9. The smallest absolute Gasteiger partial charge is 0.146 e. The van der Waals surface area contributed by atoms with Crippen LogP contribution in [0, 0.1) is 12.7 Å². The van der Waals surface area contributed by atoms with Crippen molar-refractivity contribution in [1.82, 2.24) is 0 Å². The van der Waals surface area contributed by atoms with E-state index < -0.39 is 6.10 Å². The van der Waals surface area contributed by atoms with Gasteiger partial charge in [0.05, 0.1) is 18.4 Å². The van der Waals surface area contributed by atoms with Gasteiger partial charge in [0.1, 0.15) is 5.82 Å². The highest BCUT2D eigenvalue weighted by Crippen LogP contribution is 2.18. The highest BCUT2D eigenvalue weighted by molar-refractivity contribution is 5.51. The van der Waals surface area contributed by atoms with Crippen molar-refractivity contribution in [2.75, 3.05) is 18.5 Å². The predicted octanol–water partition coefficient (Wildman–Crippen LogP) is 0.899. The van der Waals surface area contributed by atoms with Gasteiger partial charge in [0.15, 0.2) is 0 Å². The molecule has 0 aliphatic rings. The van der Waals surface area contributed by atoms with Crippen molar-refractivity contribution in [3.05, 3.63) is 29.6 Å². The molecule has 0 aliphatic heterocycles. The van der Waals surface area contributed by atoms with E-state index in [-0.39, 0.29) is 19.0 Å². The number of hydrogen-bond acceptors (Lipinski definition) is 3. The van der Waals surface area contributed by atoms with Crippen molar-refractivity contribution in [3.63, 3.8) is 0 Å². The molecule has 1 atom stereocenters. The molecule has 0 saturated carbocycles. The van der Waals surface area contributed by atoms with E-state index in [0.29, 0.717) is 5.69 Å². The lowest BCUT2D eigenvalue weighted by Gasteiger charge is -2.12. The summed E-state index contributed by atoms with van der Waals surface area (Å²) in [5.74, 6) is -0.352. The quantitative estimate of drug-likeness (QED) is 0.675. The minimum absolute atomic E-state index is 0.137. The fourth-order valence-corrected chi connectivity index (χ4v) is 1.14. The second-order valence-electron chi connectivity index (χ2n) is 3.15. The summed E-state index contributed by atoms with van der Waals surface area (Å²) in [5.41, 5.74) is 1.15. The van der Waals surface area contributed by atoms with E-state index in [0.717, 1.165) is 5.56 Å². The highest BCUT2D eigenvalue weighted by Gasteiger charge is 2.06. The van der Waals surface area contributed by atoms with Crippen molar-refractivity contribution in [3.8, 4) is 0 Å². The monoisotopic (exact) mass is 199 g/mol. The molecule has 0 amide bonds. The zero-order chi connectivity index (χ0) is 10.6. The predicted molar refractivity (Wildman–Crippen MR) is 52.7 cm³/mol. The van der Waals surface area contributed by atoms with E-state index >= 15 is 0 Å². The van der Waals surface area contributed by atoms with Crippen LogP contribution in [-0.4, -0.2) is 29.5 Å². The molecule has 0 aliphatic carbocycles. The number of aryl methyl sites for hydroxylation is 1. The van der Waals surface area contributed by atoms with Crippen LogP contribution < -0.4 is 5.32 Å². The number of hydrogen-bond donors (Lipinski definition) is 3. The third-order valence-corrected chi connectivity index (χ3v) is 1.95. The minimum atomic E-state index is -0.867. The molecule has 0 bridgehead atoms. The molecule has 14 heavy (non-hydrogen) atoms. The second-order valence-corrected chi connectivity index (χ2v) is 3.15. The zero-order valence-electron chi connectivity index (χ0n) is 8.00. The van der Waals surface area contributed by atoms with E-state index in [9.17, 15) is 4.39 Å². The fraction of sp³-hybridized carbons (Fsp3) is 0.400. The van der Waals surface area contributed by atoms with Gasteiger partial charge in [0, 0.05) is 6.54 Å². The second kappa shape index (κ2) is 4.93. The Balaban J connectivity index is 2.66. The summed E-state index contributed by atoms with van der Waals surface area (Å²) in [6.07, 6.45) is -0.867. The molecule has 0 fully saturated rings. The van der Waals surface area contributed by atoms with Crippen molar-refractivity contribution < 1.29 is 14.6 Å². The molecule has 0 radical (unpaired) electrons. The summed E-state index contributed by atoms with van der Waals surface area (Å²) in [5, 5.41) is 20.4. The number of anilines is 1. The molecule has 1 aromatic rings. The van der Waals surface area contributed by atoms with Crippen LogP contribution in [0.5, 0.6) is 0 Å². The van der Waals surface area contributed by atoms with Crippen LogP contribution in [0.1, 0.15) is 5.56 Å². The summed E-state index contributed by atoms with van der Waals surface area (Å²) < 4.78 is 13.2. The first-order valence-electron chi connectivity index (χ1n) is 4.43. The number of aliphatic hydroxyl groups excluding tert-OH is 2. The first-order chi connectivity index (χ1) is 6.65. The van der Waals surface area contributed by atoms with E-state index in [4.69, 9.17) is 10.2 Å². The van der Waals surface area contributed by atoms with Crippen molar-refractivity contribution >= 4 is 5.69 Å². The summed E-state index contributed by atoms with van der Waals surface area (Å²) in [6.45, 7) is 1.58. The minimum Gasteiger partial charge on any atom is -0.394 e. The van der Waals surface area contributed by atoms with Gasteiger partial charge in [-0.1, -0.05) is 12.1 Å². The van der Waals surface area contributed by atoms with Crippen molar-refractivity contribution in [2.24, 2.45) is 0 Å². The molecule has 0 spiro atoms. The summed E-state index contributed by atoms with van der Waals surface area (Å²) in [7, 11) is 0. The van der Waals surface area contributed by atoms with E-state index in [1.54, 1.807) is 19.1 Å². The number of rotatable bonds is 4. The summed E-state index contributed by atoms with van der Waals surface area (Å²) in [6, 6.07) is 4.75. The molecule has 3 nitrogen and oxygen atoms in total. The molecule has 0 aromatic heterocycles. The van der Waals surface area contributed by atoms with Gasteiger partial charge in [-0.2, -0.15) is 0 Å². The Morgan fingerprint density at radius 2 is 2.21 bits per heavy atom. The third-order valence-electron chi connectivity index (χ3n) is 1.95. The van der Waals surface area contributed by atoms with Gasteiger partial charge < -0.3 is 15.5 Å². The number of aliphatic hydroxyl groups is 2. The first-order valence-corrected chi connectivity index (χ1v) is 4.43. The molecule has 78 valence electrons. The summed E-state index contributed by atoms with van der Waals surface area (Å²) in [4.78, 5) is 0. The normalized spacial score (nSPS) is 12.6. The van der Waals surface area contributed by atoms with Gasteiger partial charge >= 0.3 is 0 Å². The van der Waals surface area contributed by atoms with Crippen LogP contribution in [0.3, 0.4) is 0 Å². The van der Waals surface area contributed by atoms with Gasteiger partial charge in [0.25, 0.3) is 0 Å². The van der Waals surface area contributed by atoms with Crippen molar-refractivity contribution in [2.45, 2.75) is 13.0 Å². The lowest BCUT2D eigenvalue weighted by molar-refractivity contribution is 0.105. The van der Waals surface area contributed by atoms with Gasteiger partial charge in [-0.05, 0) is 18.6 Å². The van der Waals surface area contributed by atoms with Crippen LogP contribution in [0.15, 0.2) is 18.2 Å². The van der Waals surface area contributed by atoms with Crippen LogP contribution in [0.25, 0.3) is 0 Å². The Hall–Kier alpha value is -1.13. The average Bonchev–Trinajstić information content (AvgIpc) is 2.16. The number of para-hydroxylation sites is 1. The van der Waals surface area contributed by atoms with E-state index in [1.165, 1.54) is 6.07 Å². The molecule has 1 aromatic carbocycles. The molecule has 0 unspecified atom stereocenters. The van der Waals surface area contributed by atoms with Crippen LogP contribution in [-0.2, 0) is 0 Å². The lowest BCUT2D eigenvalue weighted by atomic mass is 10.2. The average molecular weight is 199 g/mol. The topological polar surface area (TPSA) is 52.5 Å². The van der Waals surface area contributed by atoms with Crippen LogP contribution in [0.2, 0.25) is 0 Å². The SMILES string of the molecule is Cc1cccc(F)c1NC[C@H](O)CO. The van der Waals surface area contributed by atoms with Gasteiger partial charge in [-0.3, -0.25) is 0 Å². The van der Waals surface area contributed by atoms with Crippen LogP contribution in [0.4, 0.5) is 10.1 Å². The standard InChI is InChI=1S/C10H14FNO2/c1-7-3-2-4-9(11)10(7)12-5-8(14)6-13/h2-4,8,12-14H,5-6H2,1H3/t8-/m0/s1. The van der Waals surface area contributed by atoms with Crippen LogP contribution >= 0.6 is 0 Å². The highest BCUT2D eigenvalue weighted by atomic mass is 19.1. The Bertz CT molecular complexity index is 284.